The fraction of sp³-hybridized carbons (Fsp3) is 0. The first-order valence-electron chi connectivity index (χ1n) is 17.1. The van der Waals surface area contributed by atoms with E-state index in [-0.39, 0.29) is 0 Å². The minimum atomic E-state index is 0.632. The van der Waals surface area contributed by atoms with Gasteiger partial charge in [-0.05, 0) is 56.6 Å². The Hall–Kier alpha value is -6.91. The van der Waals surface area contributed by atoms with Crippen LogP contribution in [0.1, 0.15) is 0 Å². The van der Waals surface area contributed by atoms with Gasteiger partial charge in [-0.3, -0.25) is 0 Å². The first kappa shape index (κ1) is 29.0. The van der Waals surface area contributed by atoms with Gasteiger partial charge in [0.05, 0.1) is 0 Å². The van der Waals surface area contributed by atoms with Crippen LogP contribution < -0.4 is 0 Å². The quantitative estimate of drug-likeness (QED) is 0.186. The number of aromatic nitrogens is 3. The van der Waals surface area contributed by atoms with Crippen LogP contribution in [0, 0.1) is 0 Å². The molecule has 10 rings (SSSR count). The third kappa shape index (κ3) is 5.04. The Kier molecular flexibility index (Phi) is 6.78. The second-order valence-corrected chi connectivity index (χ2v) is 12.8. The third-order valence-corrected chi connectivity index (χ3v) is 9.72. The SMILES string of the molecule is c1ccc(-c2nc(-c3ccccc3)nc(-c3ccc(-c4cccc5oc6c7ccccc7c(-c7ccc8ccccc8c7)cc6c45)cc3)n2)cc1. The van der Waals surface area contributed by atoms with E-state index in [0.717, 1.165) is 55.1 Å². The van der Waals surface area contributed by atoms with Crippen molar-refractivity contribution in [1.82, 2.24) is 15.0 Å². The monoisotopic (exact) mass is 651 g/mol. The lowest BCUT2D eigenvalue weighted by atomic mass is 9.92. The van der Waals surface area contributed by atoms with Crippen molar-refractivity contribution in [2.45, 2.75) is 0 Å². The predicted octanol–water partition coefficient (Wildman–Crippen LogP) is 12.4. The standard InChI is InChI=1S/C47H29N3O/c1-3-13-32(14-4-1)45-48-46(33-15-5-2-6-16-33)50-47(49-45)34-25-23-31(24-26-34)37-20-11-21-42-43(37)41-29-40(38-18-9-10-19-39(38)44(41)51-42)36-27-22-30-12-7-8-17-35(30)28-36/h1-29H. The molecule has 238 valence electrons. The molecule has 4 heteroatoms. The van der Waals surface area contributed by atoms with E-state index in [4.69, 9.17) is 19.4 Å². The first-order chi connectivity index (χ1) is 25.3. The van der Waals surface area contributed by atoms with E-state index in [0.29, 0.717) is 17.5 Å². The van der Waals surface area contributed by atoms with E-state index in [9.17, 15) is 0 Å². The maximum atomic E-state index is 6.67. The van der Waals surface area contributed by atoms with Gasteiger partial charge in [0.25, 0.3) is 0 Å². The smallest absolute Gasteiger partial charge is 0.164 e. The molecule has 0 aliphatic rings. The first-order valence-corrected chi connectivity index (χ1v) is 17.1. The summed E-state index contributed by atoms with van der Waals surface area (Å²) < 4.78 is 6.67. The van der Waals surface area contributed by atoms with Gasteiger partial charge < -0.3 is 4.42 Å². The maximum absolute atomic E-state index is 6.67. The molecule has 4 nitrogen and oxygen atoms in total. The highest BCUT2D eigenvalue weighted by atomic mass is 16.3. The van der Waals surface area contributed by atoms with Gasteiger partial charge in [-0.25, -0.2) is 15.0 Å². The lowest BCUT2D eigenvalue weighted by Crippen LogP contribution is -2.00. The van der Waals surface area contributed by atoms with Crippen molar-refractivity contribution in [2.75, 3.05) is 0 Å². The van der Waals surface area contributed by atoms with Crippen molar-refractivity contribution >= 4 is 43.5 Å². The van der Waals surface area contributed by atoms with Crippen LogP contribution in [0.15, 0.2) is 180 Å². The maximum Gasteiger partial charge on any atom is 0.164 e. The van der Waals surface area contributed by atoms with E-state index < -0.39 is 0 Å². The number of hydrogen-bond acceptors (Lipinski definition) is 4. The molecule has 0 spiro atoms. The molecule has 2 aromatic heterocycles. The van der Waals surface area contributed by atoms with Crippen LogP contribution in [0.4, 0.5) is 0 Å². The van der Waals surface area contributed by atoms with Gasteiger partial charge in [0.1, 0.15) is 11.2 Å². The summed E-state index contributed by atoms with van der Waals surface area (Å²) in [5, 5.41) is 6.94. The van der Waals surface area contributed by atoms with Crippen molar-refractivity contribution in [3.8, 4) is 56.4 Å². The van der Waals surface area contributed by atoms with Gasteiger partial charge in [-0.2, -0.15) is 0 Å². The summed E-state index contributed by atoms with van der Waals surface area (Å²) in [5.74, 6) is 1.92. The molecule has 10 aromatic rings. The van der Waals surface area contributed by atoms with E-state index in [1.807, 2.05) is 60.7 Å². The van der Waals surface area contributed by atoms with Gasteiger partial charge >= 0.3 is 0 Å². The molecule has 0 saturated carbocycles. The highest BCUT2D eigenvalue weighted by molar-refractivity contribution is 6.22. The molecule has 0 aliphatic heterocycles. The van der Waals surface area contributed by atoms with E-state index in [2.05, 4.69) is 115 Å². The summed E-state index contributed by atoms with van der Waals surface area (Å²) in [6.07, 6.45) is 0. The Morgan fingerprint density at radius 1 is 0.333 bits per heavy atom. The molecule has 0 radical (unpaired) electrons. The Morgan fingerprint density at radius 2 is 0.882 bits per heavy atom. The summed E-state index contributed by atoms with van der Waals surface area (Å²) in [4.78, 5) is 14.7. The summed E-state index contributed by atoms with van der Waals surface area (Å²) >= 11 is 0. The summed E-state index contributed by atoms with van der Waals surface area (Å²) in [6, 6.07) is 61.1. The van der Waals surface area contributed by atoms with Crippen molar-refractivity contribution in [3.05, 3.63) is 176 Å². The van der Waals surface area contributed by atoms with Gasteiger partial charge in [0, 0.05) is 32.8 Å². The zero-order valence-corrected chi connectivity index (χ0v) is 27.5. The predicted molar refractivity (Wildman–Crippen MR) is 209 cm³/mol. The van der Waals surface area contributed by atoms with E-state index in [1.54, 1.807) is 0 Å². The number of nitrogens with zero attached hydrogens (tertiary/aromatic N) is 3. The molecule has 0 unspecified atom stereocenters. The topological polar surface area (TPSA) is 51.8 Å². The average molecular weight is 652 g/mol. The number of hydrogen-bond donors (Lipinski definition) is 0. The molecule has 51 heavy (non-hydrogen) atoms. The Morgan fingerprint density at radius 3 is 1.57 bits per heavy atom. The molecule has 8 aromatic carbocycles. The number of benzene rings is 8. The number of rotatable bonds is 5. The van der Waals surface area contributed by atoms with Crippen molar-refractivity contribution < 1.29 is 4.42 Å². The molecule has 0 amide bonds. The molecule has 2 heterocycles. The Balaban J connectivity index is 1.12. The third-order valence-electron chi connectivity index (χ3n) is 9.72. The molecule has 0 atom stereocenters. The van der Waals surface area contributed by atoms with E-state index in [1.165, 1.54) is 27.3 Å². The van der Waals surface area contributed by atoms with Crippen LogP contribution in [0.5, 0.6) is 0 Å². The Bertz CT molecular complexity index is 2840. The van der Waals surface area contributed by atoms with Crippen molar-refractivity contribution in [1.29, 1.82) is 0 Å². The van der Waals surface area contributed by atoms with Crippen LogP contribution in [0.25, 0.3) is 99.9 Å². The van der Waals surface area contributed by atoms with Gasteiger partial charge in [0.2, 0.25) is 0 Å². The molecule has 0 aliphatic carbocycles. The molecule has 0 N–H and O–H groups in total. The lowest BCUT2D eigenvalue weighted by molar-refractivity contribution is 0.673. The molecule has 0 saturated heterocycles. The highest BCUT2D eigenvalue weighted by Gasteiger charge is 2.18. The normalized spacial score (nSPS) is 11.5. The summed E-state index contributed by atoms with van der Waals surface area (Å²) in [7, 11) is 0. The number of fused-ring (bicyclic) bond motifs is 6. The van der Waals surface area contributed by atoms with Crippen LogP contribution in [-0.4, -0.2) is 15.0 Å². The minimum Gasteiger partial charge on any atom is -0.455 e. The largest absolute Gasteiger partial charge is 0.455 e. The van der Waals surface area contributed by atoms with Gasteiger partial charge in [-0.15, -0.1) is 0 Å². The van der Waals surface area contributed by atoms with Crippen LogP contribution in [-0.2, 0) is 0 Å². The molecule has 0 bridgehead atoms. The second-order valence-electron chi connectivity index (χ2n) is 12.8. The van der Waals surface area contributed by atoms with Crippen LogP contribution in [0.2, 0.25) is 0 Å². The van der Waals surface area contributed by atoms with Crippen molar-refractivity contribution in [3.63, 3.8) is 0 Å². The summed E-state index contributed by atoms with van der Waals surface area (Å²) in [6.45, 7) is 0. The highest BCUT2D eigenvalue weighted by Crippen LogP contribution is 2.43. The summed E-state index contributed by atoms with van der Waals surface area (Å²) in [5.41, 5.74) is 9.17. The minimum absolute atomic E-state index is 0.632. The van der Waals surface area contributed by atoms with Crippen molar-refractivity contribution in [2.24, 2.45) is 0 Å². The molecular formula is C47H29N3O. The number of furan rings is 1. The average Bonchev–Trinajstić information content (AvgIpc) is 3.60. The lowest BCUT2D eigenvalue weighted by Gasteiger charge is -2.11. The zero-order valence-electron chi connectivity index (χ0n) is 27.5. The fourth-order valence-corrected chi connectivity index (χ4v) is 7.22. The van der Waals surface area contributed by atoms with Crippen LogP contribution >= 0.6 is 0 Å². The van der Waals surface area contributed by atoms with Crippen LogP contribution in [0.3, 0.4) is 0 Å². The van der Waals surface area contributed by atoms with E-state index >= 15 is 0 Å². The Labute approximate surface area is 294 Å². The van der Waals surface area contributed by atoms with Gasteiger partial charge in [-0.1, -0.05) is 158 Å². The molecule has 0 fully saturated rings. The van der Waals surface area contributed by atoms with Gasteiger partial charge in [0.15, 0.2) is 17.5 Å². The zero-order chi connectivity index (χ0) is 33.7. The second kappa shape index (κ2) is 11.9. The fourth-order valence-electron chi connectivity index (χ4n) is 7.22. The molecular weight excluding hydrogens is 623 g/mol.